The average molecular weight is 329 g/mol. The van der Waals surface area contributed by atoms with Crippen molar-refractivity contribution in [1.82, 2.24) is 4.90 Å². The van der Waals surface area contributed by atoms with Crippen molar-refractivity contribution in [1.29, 1.82) is 0 Å². The van der Waals surface area contributed by atoms with E-state index in [1.54, 1.807) is 7.05 Å². The Labute approximate surface area is 131 Å². The molecule has 6 nitrogen and oxygen atoms in total. The maximum Gasteiger partial charge on any atom is 0.331 e. The Morgan fingerprint density at radius 1 is 1.27 bits per heavy atom. The molecule has 2 rings (SSSR count). The SMILES string of the molecule is CN(C(=O)COC(=O)C=C1CCCCC1)C1CCS(=O)(=O)C1. The molecule has 1 amide bonds. The van der Waals surface area contributed by atoms with E-state index in [0.717, 1.165) is 31.3 Å². The van der Waals surface area contributed by atoms with Gasteiger partial charge in [-0.05, 0) is 32.1 Å². The van der Waals surface area contributed by atoms with Crippen LogP contribution in [0.3, 0.4) is 0 Å². The summed E-state index contributed by atoms with van der Waals surface area (Å²) in [6.45, 7) is -0.338. The zero-order chi connectivity index (χ0) is 16.2. The highest BCUT2D eigenvalue weighted by atomic mass is 32.2. The Bertz CT molecular complexity index is 558. The van der Waals surface area contributed by atoms with Crippen LogP contribution in [0.1, 0.15) is 38.5 Å². The molecule has 1 heterocycles. The second-order valence-electron chi connectivity index (χ2n) is 6.03. The van der Waals surface area contributed by atoms with Crippen molar-refractivity contribution in [3.63, 3.8) is 0 Å². The van der Waals surface area contributed by atoms with E-state index in [1.807, 2.05) is 0 Å². The molecule has 2 aliphatic rings. The summed E-state index contributed by atoms with van der Waals surface area (Å²) in [5.41, 5.74) is 1.08. The number of ether oxygens (including phenoxy) is 1. The lowest BCUT2D eigenvalue weighted by Gasteiger charge is -2.23. The van der Waals surface area contributed by atoms with Crippen LogP contribution in [0.2, 0.25) is 0 Å². The molecular formula is C15H23NO5S. The topological polar surface area (TPSA) is 80.8 Å². The number of carbonyl (C=O) groups excluding carboxylic acids is 2. The summed E-state index contributed by atoms with van der Waals surface area (Å²) in [5.74, 6) is -0.746. The molecule has 7 heteroatoms. The van der Waals surface area contributed by atoms with Crippen LogP contribution in [0.25, 0.3) is 0 Å². The van der Waals surface area contributed by atoms with Crippen molar-refractivity contribution < 1.29 is 22.7 Å². The number of rotatable bonds is 4. The first-order valence-corrected chi connectivity index (χ1v) is 9.52. The van der Waals surface area contributed by atoms with Gasteiger partial charge in [0, 0.05) is 19.2 Å². The maximum atomic E-state index is 12.0. The Balaban J connectivity index is 1.78. The smallest absolute Gasteiger partial charge is 0.331 e. The number of hydrogen-bond donors (Lipinski definition) is 0. The summed E-state index contributed by atoms with van der Waals surface area (Å²) in [7, 11) is -1.48. The molecule has 0 aromatic carbocycles. The molecule has 124 valence electrons. The van der Waals surface area contributed by atoms with E-state index in [0.29, 0.717) is 6.42 Å². The van der Waals surface area contributed by atoms with Gasteiger partial charge in [0.15, 0.2) is 16.4 Å². The summed E-state index contributed by atoms with van der Waals surface area (Å²) in [5, 5.41) is 0. The molecule has 1 unspecified atom stereocenters. The minimum Gasteiger partial charge on any atom is -0.452 e. The molecule has 0 radical (unpaired) electrons. The third-order valence-electron chi connectivity index (χ3n) is 4.31. The van der Waals surface area contributed by atoms with Crippen LogP contribution in [0.4, 0.5) is 0 Å². The molecule has 0 spiro atoms. The van der Waals surface area contributed by atoms with Crippen molar-refractivity contribution in [3.8, 4) is 0 Å². The van der Waals surface area contributed by atoms with Crippen molar-refractivity contribution in [2.75, 3.05) is 25.2 Å². The largest absolute Gasteiger partial charge is 0.452 e. The molecule has 1 aliphatic heterocycles. The van der Waals surface area contributed by atoms with E-state index < -0.39 is 15.8 Å². The molecule has 2 fully saturated rings. The number of sulfone groups is 1. The van der Waals surface area contributed by atoms with Crippen LogP contribution in [-0.2, 0) is 24.2 Å². The number of likely N-dealkylation sites (N-methyl/N-ethyl adjacent to an activating group) is 1. The molecule has 0 aromatic heterocycles. The predicted octanol–water partition coefficient (Wildman–Crippen LogP) is 1.07. The first-order valence-electron chi connectivity index (χ1n) is 7.70. The fourth-order valence-electron chi connectivity index (χ4n) is 2.88. The molecule has 0 bridgehead atoms. The summed E-state index contributed by atoms with van der Waals surface area (Å²) >= 11 is 0. The van der Waals surface area contributed by atoms with E-state index in [2.05, 4.69) is 0 Å². The van der Waals surface area contributed by atoms with Gasteiger partial charge in [-0.1, -0.05) is 12.0 Å². The summed E-state index contributed by atoms with van der Waals surface area (Å²) in [4.78, 5) is 25.0. The number of amides is 1. The molecule has 1 saturated carbocycles. The first-order chi connectivity index (χ1) is 10.4. The van der Waals surface area contributed by atoms with Gasteiger partial charge in [0.2, 0.25) is 0 Å². The highest BCUT2D eigenvalue weighted by Crippen LogP contribution is 2.22. The highest BCUT2D eigenvalue weighted by Gasteiger charge is 2.32. The van der Waals surface area contributed by atoms with Crippen molar-refractivity contribution in [2.45, 2.75) is 44.6 Å². The third-order valence-corrected chi connectivity index (χ3v) is 6.06. The Morgan fingerprint density at radius 3 is 2.55 bits per heavy atom. The predicted molar refractivity (Wildman–Crippen MR) is 82.0 cm³/mol. The van der Waals surface area contributed by atoms with Crippen LogP contribution in [0.5, 0.6) is 0 Å². The molecule has 0 aromatic rings. The van der Waals surface area contributed by atoms with Crippen LogP contribution in [0.15, 0.2) is 11.6 Å². The van der Waals surface area contributed by atoms with Gasteiger partial charge in [0.1, 0.15) is 0 Å². The van der Waals surface area contributed by atoms with E-state index in [-0.39, 0.29) is 30.1 Å². The fourth-order valence-corrected chi connectivity index (χ4v) is 4.65. The van der Waals surface area contributed by atoms with Gasteiger partial charge in [-0.15, -0.1) is 0 Å². The number of hydrogen-bond acceptors (Lipinski definition) is 5. The lowest BCUT2D eigenvalue weighted by atomic mass is 9.95. The van der Waals surface area contributed by atoms with Crippen molar-refractivity contribution in [2.24, 2.45) is 0 Å². The quantitative estimate of drug-likeness (QED) is 0.569. The monoisotopic (exact) mass is 329 g/mol. The Morgan fingerprint density at radius 2 is 1.95 bits per heavy atom. The summed E-state index contributed by atoms with van der Waals surface area (Å²) < 4.78 is 27.8. The minimum absolute atomic E-state index is 0.00671. The number of esters is 1. The lowest BCUT2D eigenvalue weighted by Crippen LogP contribution is -2.40. The highest BCUT2D eigenvalue weighted by molar-refractivity contribution is 7.91. The van der Waals surface area contributed by atoms with Gasteiger partial charge in [0.05, 0.1) is 11.5 Å². The third kappa shape index (κ3) is 4.83. The number of carbonyl (C=O) groups is 2. The molecule has 1 saturated heterocycles. The molecule has 22 heavy (non-hydrogen) atoms. The van der Waals surface area contributed by atoms with Crippen molar-refractivity contribution in [3.05, 3.63) is 11.6 Å². The molecule has 1 aliphatic carbocycles. The van der Waals surface area contributed by atoms with Crippen molar-refractivity contribution >= 4 is 21.7 Å². The zero-order valence-corrected chi connectivity index (χ0v) is 13.7. The maximum absolute atomic E-state index is 12.0. The van der Waals surface area contributed by atoms with Crippen LogP contribution >= 0.6 is 0 Å². The van der Waals surface area contributed by atoms with Gasteiger partial charge >= 0.3 is 5.97 Å². The van der Waals surface area contributed by atoms with Gasteiger partial charge in [-0.25, -0.2) is 13.2 Å². The van der Waals surface area contributed by atoms with E-state index >= 15 is 0 Å². The van der Waals surface area contributed by atoms with E-state index in [1.165, 1.54) is 17.4 Å². The van der Waals surface area contributed by atoms with Gasteiger partial charge < -0.3 is 9.64 Å². The number of allylic oxidation sites excluding steroid dienone is 1. The fraction of sp³-hybridized carbons (Fsp3) is 0.733. The first kappa shape index (κ1) is 17.0. The van der Waals surface area contributed by atoms with E-state index in [9.17, 15) is 18.0 Å². The Hall–Kier alpha value is -1.37. The standard InChI is InChI=1S/C15H23NO5S/c1-16(13-7-8-22(19,20)11-13)14(17)10-21-15(18)9-12-5-3-2-4-6-12/h9,13H,2-8,10-11H2,1H3. The second-order valence-corrected chi connectivity index (χ2v) is 8.26. The number of nitrogens with zero attached hydrogens (tertiary/aromatic N) is 1. The Kier molecular flexibility index (Phi) is 5.61. The molecule has 0 N–H and O–H groups in total. The van der Waals surface area contributed by atoms with Crippen LogP contribution in [-0.4, -0.2) is 56.4 Å². The van der Waals surface area contributed by atoms with Crippen LogP contribution in [0, 0.1) is 0 Å². The molecular weight excluding hydrogens is 306 g/mol. The van der Waals surface area contributed by atoms with Gasteiger partial charge in [0.25, 0.3) is 5.91 Å². The molecule has 1 atom stereocenters. The minimum atomic E-state index is -3.04. The average Bonchev–Trinajstić information content (AvgIpc) is 2.85. The normalized spacial score (nSPS) is 23.9. The summed E-state index contributed by atoms with van der Waals surface area (Å²) in [6, 6.07) is -0.312. The van der Waals surface area contributed by atoms with Gasteiger partial charge in [-0.3, -0.25) is 4.79 Å². The second kappa shape index (κ2) is 7.26. The summed E-state index contributed by atoms with van der Waals surface area (Å²) in [6.07, 6.45) is 7.16. The zero-order valence-electron chi connectivity index (χ0n) is 12.9. The lowest BCUT2D eigenvalue weighted by molar-refractivity contribution is -0.148. The van der Waals surface area contributed by atoms with Crippen LogP contribution < -0.4 is 0 Å². The van der Waals surface area contributed by atoms with Gasteiger partial charge in [-0.2, -0.15) is 0 Å². The van der Waals surface area contributed by atoms with E-state index in [4.69, 9.17) is 4.74 Å².